The summed E-state index contributed by atoms with van der Waals surface area (Å²) in [7, 11) is -3.31. The van der Waals surface area contributed by atoms with Crippen LogP contribution in [0.1, 0.15) is 49.5 Å². The summed E-state index contributed by atoms with van der Waals surface area (Å²) in [6.45, 7) is 0. The van der Waals surface area contributed by atoms with Crippen LogP contribution in [0.25, 0.3) is 0 Å². The summed E-state index contributed by atoms with van der Waals surface area (Å²) in [6.07, 6.45) is 2.92. The first kappa shape index (κ1) is 19.7. The van der Waals surface area contributed by atoms with Crippen molar-refractivity contribution >= 4 is 27.3 Å². The lowest BCUT2D eigenvalue weighted by molar-refractivity contribution is -0.121. The monoisotopic (exact) mass is 415 g/mol. The zero-order chi connectivity index (χ0) is 19.4. The van der Waals surface area contributed by atoms with E-state index in [2.05, 4.69) is 25.9 Å². The molecule has 1 fully saturated rings. The third-order valence-electron chi connectivity index (χ3n) is 4.63. The van der Waals surface area contributed by atoms with Crippen molar-refractivity contribution in [2.45, 2.75) is 43.4 Å². The van der Waals surface area contributed by atoms with Gasteiger partial charge in [0.15, 0.2) is 9.84 Å². The number of benzene rings is 1. The van der Waals surface area contributed by atoms with E-state index in [9.17, 15) is 17.6 Å². The molecule has 146 valence electrons. The number of aromatic amines is 1. The Bertz CT molecular complexity index is 901. The Hall–Kier alpha value is -2.07. The zero-order valence-electron chi connectivity index (χ0n) is 14.4. The molecule has 1 heterocycles. The van der Waals surface area contributed by atoms with Crippen LogP contribution in [-0.2, 0) is 14.6 Å². The Morgan fingerprint density at radius 2 is 2.11 bits per heavy atom. The van der Waals surface area contributed by atoms with Crippen LogP contribution in [0.4, 0.5) is 4.39 Å². The third kappa shape index (κ3) is 4.81. The van der Waals surface area contributed by atoms with Crippen molar-refractivity contribution in [3.05, 3.63) is 40.4 Å². The molecule has 1 aromatic heterocycles. The second-order valence-corrected chi connectivity index (χ2v) is 9.28. The van der Waals surface area contributed by atoms with E-state index in [0.29, 0.717) is 18.4 Å². The fourth-order valence-electron chi connectivity index (χ4n) is 3.16. The summed E-state index contributed by atoms with van der Waals surface area (Å²) in [5.41, 5.74) is 0.366. The maximum absolute atomic E-state index is 13.8. The molecule has 1 saturated carbocycles. The smallest absolute Gasteiger partial charge is 0.221 e. The molecular formula is C16H19ClFN5O3S. The number of hydrogen-bond donors (Lipinski definition) is 2. The SMILES string of the molecule is O=C(CCS(=O)(=O)C1CCCC1)NC(c1ccc(Cl)c(F)c1)c1nn[nH]n1. The Labute approximate surface area is 160 Å². The molecule has 1 amide bonds. The summed E-state index contributed by atoms with van der Waals surface area (Å²) in [4.78, 5) is 12.4. The number of carbonyl (C=O) groups excluding carboxylic acids is 1. The normalized spacial score (nSPS) is 16.4. The molecule has 0 aliphatic heterocycles. The summed E-state index contributed by atoms with van der Waals surface area (Å²) in [5, 5.41) is 15.6. The molecule has 27 heavy (non-hydrogen) atoms. The van der Waals surface area contributed by atoms with Crippen LogP contribution in [0.3, 0.4) is 0 Å². The van der Waals surface area contributed by atoms with Crippen LogP contribution in [0.15, 0.2) is 18.2 Å². The summed E-state index contributed by atoms with van der Waals surface area (Å²) in [5.74, 6) is -1.25. The highest BCUT2D eigenvalue weighted by Crippen LogP contribution is 2.26. The first-order chi connectivity index (χ1) is 12.9. The first-order valence-corrected chi connectivity index (χ1v) is 10.7. The lowest BCUT2D eigenvalue weighted by Crippen LogP contribution is -2.32. The van der Waals surface area contributed by atoms with Crippen LogP contribution in [0, 0.1) is 5.82 Å². The number of nitrogens with one attached hydrogen (secondary N) is 2. The van der Waals surface area contributed by atoms with E-state index in [1.165, 1.54) is 18.2 Å². The molecule has 0 bridgehead atoms. The number of halogens is 2. The fourth-order valence-corrected chi connectivity index (χ4v) is 5.14. The number of tetrazole rings is 1. The molecule has 3 rings (SSSR count). The first-order valence-electron chi connectivity index (χ1n) is 8.56. The topological polar surface area (TPSA) is 118 Å². The highest BCUT2D eigenvalue weighted by atomic mass is 35.5. The lowest BCUT2D eigenvalue weighted by Gasteiger charge is -2.17. The van der Waals surface area contributed by atoms with Gasteiger partial charge in [0.2, 0.25) is 11.7 Å². The Kier molecular flexibility index (Phi) is 6.05. The summed E-state index contributed by atoms with van der Waals surface area (Å²) >= 11 is 5.70. The molecule has 0 radical (unpaired) electrons. The van der Waals surface area contributed by atoms with Gasteiger partial charge in [0, 0.05) is 6.42 Å². The largest absolute Gasteiger partial charge is 0.342 e. The highest BCUT2D eigenvalue weighted by molar-refractivity contribution is 7.92. The molecule has 1 atom stereocenters. The van der Waals surface area contributed by atoms with Gasteiger partial charge >= 0.3 is 0 Å². The number of hydrogen-bond acceptors (Lipinski definition) is 6. The Morgan fingerprint density at radius 1 is 1.37 bits per heavy atom. The minimum Gasteiger partial charge on any atom is -0.342 e. The molecule has 1 aromatic carbocycles. The number of aromatic nitrogens is 4. The number of nitrogens with zero attached hydrogens (tertiary/aromatic N) is 3. The van der Waals surface area contributed by atoms with Gasteiger partial charge in [0.1, 0.15) is 11.9 Å². The van der Waals surface area contributed by atoms with Crippen LogP contribution in [0.5, 0.6) is 0 Å². The maximum Gasteiger partial charge on any atom is 0.221 e. The van der Waals surface area contributed by atoms with Crippen molar-refractivity contribution in [3.8, 4) is 0 Å². The standard InChI is InChI=1S/C16H19ClFN5O3S/c17-12-6-5-10(9-13(12)18)15(16-20-22-23-21-16)19-14(24)7-8-27(25,26)11-3-1-2-4-11/h5-6,9,11,15H,1-4,7-8H2,(H,19,24)(H,20,21,22,23). The van der Waals surface area contributed by atoms with E-state index < -0.39 is 27.6 Å². The average Bonchev–Trinajstić information content (AvgIpc) is 3.34. The second-order valence-electron chi connectivity index (χ2n) is 6.47. The molecule has 8 nitrogen and oxygen atoms in total. The molecule has 0 saturated heterocycles. The molecule has 1 aliphatic rings. The van der Waals surface area contributed by atoms with Crippen LogP contribution < -0.4 is 5.32 Å². The van der Waals surface area contributed by atoms with Gasteiger partial charge in [0.05, 0.1) is 16.0 Å². The molecule has 2 N–H and O–H groups in total. The van der Waals surface area contributed by atoms with Crippen molar-refractivity contribution in [3.63, 3.8) is 0 Å². The molecular weight excluding hydrogens is 397 g/mol. The van der Waals surface area contributed by atoms with E-state index in [1.807, 2.05) is 0 Å². The predicted octanol–water partition coefficient (Wildman–Crippen LogP) is 1.95. The minimum absolute atomic E-state index is 0.0559. The van der Waals surface area contributed by atoms with Crippen molar-refractivity contribution in [2.75, 3.05) is 5.75 Å². The van der Waals surface area contributed by atoms with E-state index in [0.717, 1.165) is 12.8 Å². The van der Waals surface area contributed by atoms with E-state index in [1.54, 1.807) is 0 Å². The van der Waals surface area contributed by atoms with E-state index in [4.69, 9.17) is 11.6 Å². The van der Waals surface area contributed by atoms with E-state index in [-0.39, 0.29) is 28.3 Å². The van der Waals surface area contributed by atoms with Gasteiger partial charge in [-0.15, -0.1) is 10.2 Å². The van der Waals surface area contributed by atoms with Gasteiger partial charge in [-0.2, -0.15) is 5.21 Å². The molecule has 1 aliphatic carbocycles. The van der Waals surface area contributed by atoms with Gasteiger partial charge < -0.3 is 5.32 Å². The fraction of sp³-hybridized carbons (Fsp3) is 0.500. The minimum atomic E-state index is -3.31. The molecule has 2 aromatic rings. The van der Waals surface area contributed by atoms with Gasteiger partial charge in [-0.3, -0.25) is 4.79 Å². The third-order valence-corrected chi connectivity index (χ3v) is 7.19. The predicted molar refractivity (Wildman–Crippen MR) is 96.2 cm³/mol. The van der Waals surface area contributed by atoms with Gasteiger partial charge in [-0.05, 0) is 30.5 Å². The molecule has 0 spiro atoms. The number of H-pyrrole nitrogens is 1. The zero-order valence-corrected chi connectivity index (χ0v) is 15.9. The van der Waals surface area contributed by atoms with Crippen molar-refractivity contribution in [2.24, 2.45) is 0 Å². The van der Waals surface area contributed by atoms with E-state index >= 15 is 0 Å². The van der Waals surface area contributed by atoms with Crippen molar-refractivity contribution in [1.82, 2.24) is 25.9 Å². The highest BCUT2D eigenvalue weighted by Gasteiger charge is 2.29. The van der Waals surface area contributed by atoms with Gasteiger partial charge in [-0.1, -0.05) is 35.7 Å². The van der Waals surface area contributed by atoms with Gasteiger partial charge in [-0.25, -0.2) is 12.8 Å². The summed E-state index contributed by atoms with van der Waals surface area (Å²) in [6, 6.07) is 3.17. The van der Waals surface area contributed by atoms with Crippen molar-refractivity contribution in [1.29, 1.82) is 0 Å². The second kappa shape index (κ2) is 8.30. The van der Waals surface area contributed by atoms with Crippen LogP contribution >= 0.6 is 11.6 Å². The lowest BCUT2D eigenvalue weighted by atomic mass is 10.1. The average molecular weight is 416 g/mol. The number of sulfone groups is 1. The molecule has 11 heteroatoms. The quantitative estimate of drug-likeness (QED) is 0.713. The number of rotatable bonds is 7. The maximum atomic E-state index is 13.8. The number of amides is 1. The Morgan fingerprint density at radius 3 is 2.74 bits per heavy atom. The summed E-state index contributed by atoms with van der Waals surface area (Å²) < 4.78 is 38.4. The Balaban J connectivity index is 1.70. The molecule has 1 unspecified atom stereocenters. The van der Waals surface area contributed by atoms with Crippen molar-refractivity contribution < 1.29 is 17.6 Å². The number of carbonyl (C=O) groups is 1. The van der Waals surface area contributed by atoms with Crippen LogP contribution in [0.2, 0.25) is 5.02 Å². The van der Waals surface area contributed by atoms with Crippen LogP contribution in [-0.4, -0.2) is 46.0 Å². The van der Waals surface area contributed by atoms with Gasteiger partial charge in [0.25, 0.3) is 0 Å².